The van der Waals surface area contributed by atoms with Crippen LogP contribution in [-0.4, -0.2) is 60.9 Å². The van der Waals surface area contributed by atoms with Crippen LogP contribution in [0.5, 0.6) is 0 Å². The number of aliphatic carboxylic acids is 1. The third-order valence-electron chi connectivity index (χ3n) is 3.40. The molecule has 1 saturated heterocycles. The summed E-state index contributed by atoms with van der Waals surface area (Å²) in [5.41, 5.74) is 0.950. The smallest absolute Gasteiger partial charge is 0.305 e. The summed E-state index contributed by atoms with van der Waals surface area (Å²) in [5, 5.41) is 11.3. The van der Waals surface area contributed by atoms with Gasteiger partial charge in [-0.05, 0) is 0 Å². The van der Waals surface area contributed by atoms with Gasteiger partial charge >= 0.3 is 5.97 Å². The molecule has 3 heterocycles. The van der Waals surface area contributed by atoms with Crippen molar-refractivity contribution in [2.24, 2.45) is 0 Å². The Morgan fingerprint density at radius 3 is 3.00 bits per heavy atom. The summed E-state index contributed by atoms with van der Waals surface area (Å²) < 4.78 is 0. The van der Waals surface area contributed by atoms with Gasteiger partial charge in [-0.1, -0.05) is 0 Å². The molecule has 0 spiro atoms. The summed E-state index contributed by atoms with van der Waals surface area (Å²) in [4.78, 5) is 37.8. The molecule has 1 N–H and O–H groups in total. The van der Waals surface area contributed by atoms with Gasteiger partial charge in [-0.2, -0.15) is 11.8 Å². The van der Waals surface area contributed by atoms with Gasteiger partial charge in [0.2, 0.25) is 0 Å². The van der Waals surface area contributed by atoms with Crippen LogP contribution in [0.25, 0.3) is 10.7 Å². The van der Waals surface area contributed by atoms with Crippen LogP contribution < -0.4 is 0 Å². The van der Waals surface area contributed by atoms with E-state index in [9.17, 15) is 9.59 Å². The van der Waals surface area contributed by atoms with E-state index in [-0.39, 0.29) is 18.4 Å². The zero-order valence-corrected chi connectivity index (χ0v) is 13.7. The standard InChI is InChI=1S/C14H14N4O3S2/c19-12(20)5-9-7-22-4-3-18(9)14(21)11-8-23-13(17-11)10-6-15-1-2-16-10/h1-2,6,8-9H,3-5,7H2,(H,19,20). The first-order valence-corrected chi connectivity index (χ1v) is 9.01. The molecule has 3 rings (SSSR count). The molecule has 1 amide bonds. The second kappa shape index (κ2) is 7.05. The Bertz CT molecular complexity index is 707. The Labute approximate surface area is 140 Å². The fraction of sp³-hybridized carbons (Fsp3) is 0.357. The van der Waals surface area contributed by atoms with E-state index in [1.807, 2.05) is 0 Å². The van der Waals surface area contributed by atoms with Gasteiger partial charge in [0.25, 0.3) is 5.91 Å². The maximum absolute atomic E-state index is 12.7. The molecule has 9 heteroatoms. The van der Waals surface area contributed by atoms with E-state index in [1.165, 1.54) is 11.3 Å². The highest BCUT2D eigenvalue weighted by Gasteiger charge is 2.30. The van der Waals surface area contributed by atoms with Crippen molar-refractivity contribution < 1.29 is 14.7 Å². The van der Waals surface area contributed by atoms with Gasteiger partial charge in [0.1, 0.15) is 16.4 Å². The van der Waals surface area contributed by atoms with E-state index in [1.54, 1.807) is 40.6 Å². The number of thiazole rings is 1. The summed E-state index contributed by atoms with van der Waals surface area (Å²) in [6.45, 7) is 0.541. The van der Waals surface area contributed by atoms with Crippen LogP contribution in [0.1, 0.15) is 16.9 Å². The molecular weight excluding hydrogens is 336 g/mol. The molecule has 23 heavy (non-hydrogen) atoms. The fourth-order valence-electron chi connectivity index (χ4n) is 2.34. The van der Waals surface area contributed by atoms with Crippen molar-refractivity contribution in [3.05, 3.63) is 29.7 Å². The molecule has 0 aromatic carbocycles. The molecule has 0 aliphatic carbocycles. The highest BCUT2D eigenvalue weighted by atomic mass is 32.2. The van der Waals surface area contributed by atoms with Crippen molar-refractivity contribution in [2.75, 3.05) is 18.1 Å². The van der Waals surface area contributed by atoms with Gasteiger partial charge in [-0.15, -0.1) is 11.3 Å². The Hall–Kier alpha value is -2.00. The fourth-order valence-corrected chi connectivity index (χ4v) is 4.16. The van der Waals surface area contributed by atoms with Crippen LogP contribution in [0.4, 0.5) is 0 Å². The van der Waals surface area contributed by atoms with E-state index in [2.05, 4.69) is 15.0 Å². The number of thioether (sulfide) groups is 1. The van der Waals surface area contributed by atoms with Gasteiger partial charge in [0.15, 0.2) is 0 Å². The summed E-state index contributed by atoms with van der Waals surface area (Å²) in [6, 6.07) is -0.291. The molecule has 120 valence electrons. The van der Waals surface area contributed by atoms with Crippen molar-refractivity contribution in [2.45, 2.75) is 12.5 Å². The molecule has 1 atom stereocenters. The van der Waals surface area contributed by atoms with Crippen molar-refractivity contribution in [3.8, 4) is 10.7 Å². The van der Waals surface area contributed by atoms with E-state index >= 15 is 0 Å². The molecule has 0 bridgehead atoms. The predicted molar refractivity (Wildman–Crippen MR) is 87.5 cm³/mol. The lowest BCUT2D eigenvalue weighted by molar-refractivity contribution is -0.138. The number of amides is 1. The van der Waals surface area contributed by atoms with Gasteiger partial charge in [-0.3, -0.25) is 19.6 Å². The Balaban J connectivity index is 1.79. The van der Waals surface area contributed by atoms with Crippen molar-refractivity contribution in [3.63, 3.8) is 0 Å². The van der Waals surface area contributed by atoms with E-state index in [4.69, 9.17) is 5.11 Å². The largest absolute Gasteiger partial charge is 0.481 e. The highest BCUT2D eigenvalue weighted by molar-refractivity contribution is 7.99. The number of hydrogen-bond acceptors (Lipinski definition) is 7. The maximum atomic E-state index is 12.7. The van der Waals surface area contributed by atoms with Crippen LogP contribution >= 0.6 is 23.1 Å². The first kappa shape index (κ1) is 15.9. The second-order valence-electron chi connectivity index (χ2n) is 4.95. The quantitative estimate of drug-likeness (QED) is 0.895. The zero-order valence-electron chi connectivity index (χ0n) is 12.1. The van der Waals surface area contributed by atoms with Gasteiger partial charge in [-0.25, -0.2) is 4.98 Å². The highest BCUT2D eigenvalue weighted by Crippen LogP contribution is 2.25. The third-order valence-corrected chi connectivity index (χ3v) is 5.36. The molecule has 1 unspecified atom stereocenters. The van der Waals surface area contributed by atoms with Gasteiger partial charge in [0, 0.05) is 35.8 Å². The number of carboxylic acids is 1. The average molecular weight is 350 g/mol. The summed E-state index contributed by atoms with van der Waals surface area (Å²) in [6.07, 6.45) is 4.70. The Morgan fingerprint density at radius 1 is 1.39 bits per heavy atom. The Kier molecular flexibility index (Phi) is 4.87. The van der Waals surface area contributed by atoms with E-state index < -0.39 is 5.97 Å². The predicted octanol–water partition coefficient (Wildman–Crippen LogP) is 1.63. The van der Waals surface area contributed by atoms with Crippen LogP contribution in [0.2, 0.25) is 0 Å². The summed E-state index contributed by atoms with van der Waals surface area (Å²) >= 11 is 3.00. The van der Waals surface area contributed by atoms with Crippen molar-refractivity contribution >= 4 is 35.0 Å². The minimum absolute atomic E-state index is 0.0418. The van der Waals surface area contributed by atoms with E-state index in [0.717, 1.165) is 5.75 Å². The molecular formula is C14H14N4O3S2. The lowest BCUT2D eigenvalue weighted by atomic mass is 10.2. The molecule has 2 aromatic heterocycles. The summed E-state index contributed by atoms with van der Waals surface area (Å²) in [5.74, 6) is 0.333. The number of carbonyl (C=O) groups is 2. The van der Waals surface area contributed by atoms with Crippen LogP contribution in [0, 0.1) is 0 Å². The van der Waals surface area contributed by atoms with Crippen LogP contribution in [-0.2, 0) is 4.79 Å². The molecule has 1 aliphatic heterocycles. The lowest BCUT2D eigenvalue weighted by Crippen LogP contribution is -2.47. The number of hydrogen-bond donors (Lipinski definition) is 1. The molecule has 2 aromatic rings. The Morgan fingerprint density at radius 2 is 2.26 bits per heavy atom. The normalized spacial score (nSPS) is 17.9. The molecule has 1 fully saturated rings. The number of aromatic nitrogens is 3. The topological polar surface area (TPSA) is 96.3 Å². The monoisotopic (exact) mass is 350 g/mol. The molecule has 1 aliphatic rings. The van der Waals surface area contributed by atoms with Crippen LogP contribution in [0.15, 0.2) is 24.0 Å². The lowest BCUT2D eigenvalue weighted by Gasteiger charge is -2.34. The third kappa shape index (κ3) is 3.67. The number of carboxylic acid groups (broad SMARTS) is 1. The minimum atomic E-state index is -0.895. The van der Waals surface area contributed by atoms with Crippen molar-refractivity contribution in [1.82, 2.24) is 19.9 Å². The second-order valence-corrected chi connectivity index (χ2v) is 6.96. The number of nitrogens with zero attached hydrogens (tertiary/aromatic N) is 4. The van der Waals surface area contributed by atoms with Crippen molar-refractivity contribution in [1.29, 1.82) is 0 Å². The maximum Gasteiger partial charge on any atom is 0.305 e. The first-order chi connectivity index (χ1) is 11.1. The number of rotatable bonds is 4. The minimum Gasteiger partial charge on any atom is -0.481 e. The average Bonchev–Trinajstić information content (AvgIpc) is 3.05. The SMILES string of the molecule is O=C(O)CC1CSCCN1C(=O)c1csc(-c2cnccn2)n1. The zero-order chi connectivity index (χ0) is 16.2. The van der Waals surface area contributed by atoms with Gasteiger partial charge < -0.3 is 10.0 Å². The molecule has 7 nitrogen and oxygen atoms in total. The van der Waals surface area contributed by atoms with E-state index in [0.29, 0.717) is 28.7 Å². The molecule has 0 radical (unpaired) electrons. The van der Waals surface area contributed by atoms with Gasteiger partial charge in [0.05, 0.1) is 18.7 Å². The summed E-state index contributed by atoms with van der Waals surface area (Å²) in [7, 11) is 0. The first-order valence-electron chi connectivity index (χ1n) is 6.97. The molecule has 0 saturated carbocycles. The van der Waals surface area contributed by atoms with Crippen LogP contribution in [0.3, 0.4) is 0 Å². The number of carbonyl (C=O) groups excluding carboxylic acids is 1.